The molecule has 0 aromatic heterocycles. The van der Waals surface area contributed by atoms with Gasteiger partial charge in [-0.3, -0.25) is 0 Å². The van der Waals surface area contributed by atoms with Crippen molar-refractivity contribution in [1.82, 2.24) is 0 Å². The molecule has 1 rings (SSSR count). The van der Waals surface area contributed by atoms with Crippen molar-refractivity contribution in [2.75, 3.05) is 0 Å². The molecule has 1 aromatic carbocycles. The molecule has 0 saturated carbocycles. The van der Waals surface area contributed by atoms with Gasteiger partial charge in [0.2, 0.25) is 0 Å². The van der Waals surface area contributed by atoms with Crippen molar-refractivity contribution in [3.05, 3.63) is 32.9 Å². The van der Waals surface area contributed by atoms with Crippen molar-refractivity contribution in [2.45, 2.75) is 13.1 Å². The molecule has 0 atom stereocenters. The Morgan fingerprint density at radius 2 is 1.71 bits per heavy atom. The van der Waals surface area contributed by atoms with Crippen molar-refractivity contribution in [3.8, 4) is 0 Å². The van der Waals surface area contributed by atoms with Crippen LogP contribution < -0.4 is 0 Å². The van der Waals surface area contributed by atoms with Crippen LogP contribution >= 0.6 is 21.0 Å². The zero-order chi connectivity index (χ0) is 10.9. The van der Waals surface area contributed by atoms with Gasteiger partial charge in [-0.1, -0.05) is 0 Å². The van der Waals surface area contributed by atoms with Gasteiger partial charge in [-0.2, -0.15) is 0 Å². The molecular formula is C8H6F5I. The van der Waals surface area contributed by atoms with E-state index in [4.69, 9.17) is 0 Å². The summed E-state index contributed by atoms with van der Waals surface area (Å²) < 4.78 is 61.0. The standard InChI is InChI=1S/C8H6F5I/c1-5-3-2-4-6(8(9,10)11)7(5)14(12)13/h2-4H,1H3. The first-order chi connectivity index (χ1) is 6.34. The van der Waals surface area contributed by atoms with Gasteiger partial charge < -0.3 is 0 Å². The van der Waals surface area contributed by atoms with Gasteiger partial charge in [0, 0.05) is 0 Å². The number of hydrogen-bond acceptors (Lipinski definition) is 0. The Hall–Kier alpha value is -0.400. The van der Waals surface area contributed by atoms with E-state index in [-0.39, 0.29) is 5.56 Å². The fourth-order valence-electron chi connectivity index (χ4n) is 1.06. The molecule has 0 aliphatic rings. The zero-order valence-corrected chi connectivity index (χ0v) is 9.16. The molecule has 0 N–H and O–H groups in total. The first kappa shape index (κ1) is 11.7. The van der Waals surface area contributed by atoms with Crippen molar-refractivity contribution in [2.24, 2.45) is 0 Å². The van der Waals surface area contributed by atoms with Crippen LogP contribution in [0.1, 0.15) is 11.1 Å². The molecule has 0 fully saturated rings. The molecule has 0 aliphatic carbocycles. The molecule has 0 amide bonds. The summed E-state index contributed by atoms with van der Waals surface area (Å²) in [6.45, 7) is 1.27. The Morgan fingerprint density at radius 1 is 1.14 bits per heavy atom. The summed E-state index contributed by atoms with van der Waals surface area (Å²) in [5.41, 5.74) is -1.16. The molecular weight excluding hydrogens is 318 g/mol. The van der Waals surface area contributed by atoms with Gasteiger partial charge in [-0.15, -0.1) is 0 Å². The van der Waals surface area contributed by atoms with Gasteiger partial charge in [-0.25, -0.2) is 0 Å². The molecule has 0 heterocycles. The number of rotatable bonds is 1. The number of halogens is 6. The van der Waals surface area contributed by atoms with E-state index in [1.54, 1.807) is 0 Å². The first-order valence-corrected chi connectivity index (χ1v) is 6.25. The third-order valence-electron chi connectivity index (χ3n) is 1.64. The maximum atomic E-state index is 12.5. The Kier molecular flexibility index (Phi) is 3.33. The zero-order valence-electron chi connectivity index (χ0n) is 7.00. The number of benzene rings is 1. The molecule has 0 unspecified atom stereocenters. The molecule has 80 valence electrons. The van der Waals surface area contributed by atoms with Crippen LogP contribution in [-0.4, -0.2) is 0 Å². The number of aryl methyl sites for hydroxylation is 1. The van der Waals surface area contributed by atoms with Crippen LogP contribution in [-0.2, 0) is 6.18 Å². The molecule has 0 spiro atoms. The molecule has 0 saturated heterocycles. The van der Waals surface area contributed by atoms with Gasteiger partial charge in [0.1, 0.15) is 0 Å². The van der Waals surface area contributed by atoms with Crippen molar-refractivity contribution in [1.29, 1.82) is 0 Å². The van der Waals surface area contributed by atoms with Crippen LogP contribution in [0.3, 0.4) is 0 Å². The molecule has 14 heavy (non-hydrogen) atoms. The molecule has 1 aromatic rings. The van der Waals surface area contributed by atoms with Crippen molar-refractivity contribution < 1.29 is 18.9 Å². The average molecular weight is 324 g/mol. The van der Waals surface area contributed by atoms with Gasteiger partial charge in [-0.05, 0) is 0 Å². The van der Waals surface area contributed by atoms with Crippen molar-refractivity contribution >= 4 is 21.0 Å². The quantitative estimate of drug-likeness (QED) is 0.529. The number of hydrogen-bond donors (Lipinski definition) is 0. The molecule has 0 aliphatic heterocycles. The summed E-state index contributed by atoms with van der Waals surface area (Å²) >= 11 is -4.60. The van der Waals surface area contributed by atoms with Gasteiger partial charge >= 0.3 is 85.9 Å². The summed E-state index contributed by atoms with van der Waals surface area (Å²) in [5, 5.41) is 0. The van der Waals surface area contributed by atoms with E-state index >= 15 is 0 Å². The minimum atomic E-state index is -4.69. The first-order valence-electron chi connectivity index (χ1n) is 3.54. The van der Waals surface area contributed by atoms with Crippen LogP contribution in [0, 0.1) is 10.5 Å². The van der Waals surface area contributed by atoms with Crippen LogP contribution in [0.25, 0.3) is 0 Å². The van der Waals surface area contributed by atoms with E-state index < -0.39 is 36.3 Å². The summed E-state index contributed by atoms with van der Waals surface area (Å²) in [4.78, 5) is 0. The normalized spacial score (nSPS) is 12.9. The SMILES string of the molecule is Cc1cccc(C(F)(F)F)c1I(F)F. The van der Waals surface area contributed by atoms with Crippen LogP contribution in [0.2, 0.25) is 0 Å². The van der Waals surface area contributed by atoms with Gasteiger partial charge in [0.25, 0.3) is 0 Å². The van der Waals surface area contributed by atoms with E-state index in [1.807, 2.05) is 0 Å². The number of alkyl halides is 3. The predicted octanol–water partition coefficient (Wildman–Crippen LogP) is 4.46. The van der Waals surface area contributed by atoms with Crippen LogP contribution in [0.4, 0.5) is 18.9 Å². The topological polar surface area (TPSA) is 0 Å². The maximum absolute atomic E-state index is 12.5. The monoisotopic (exact) mass is 324 g/mol. The summed E-state index contributed by atoms with van der Waals surface area (Å²) in [6, 6.07) is 3.11. The second-order valence-electron chi connectivity index (χ2n) is 2.63. The van der Waals surface area contributed by atoms with E-state index in [9.17, 15) is 18.9 Å². The van der Waals surface area contributed by atoms with Crippen molar-refractivity contribution in [3.63, 3.8) is 0 Å². The van der Waals surface area contributed by atoms with E-state index in [0.717, 1.165) is 6.07 Å². The Balaban J connectivity index is 3.36. The van der Waals surface area contributed by atoms with E-state index in [2.05, 4.69) is 0 Å². The third kappa shape index (κ3) is 2.34. The Morgan fingerprint density at radius 3 is 2.07 bits per heavy atom. The van der Waals surface area contributed by atoms with Gasteiger partial charge in [0.15, 0.2) is 0 Å². The van der Waals surface area contributed by atoms with Gasteiger partial charge in [0.05, 0.1) is 0 Å². The van der Waals surface area contributed by atoms with Crippen LogP contribution in [0.5, 0.6) is 0 Å². The third-order valence-corrected chi connectivity index (χ3v) is 3.89. The molecule has 0 bridgehead atoms. The molecule has 0 nitrogen and oxygen atoms in total. The summed E-state index contributed by atoms with van der Waals surface area (Å²) in [6.07, 6.45) is -4.69. The second-order valence-corrected chi connectivity index (χ2v) is 4.83. The summed E-state index contributed by atoms with van der Waals surface area (Å²) in [7, 11) is 0. The summed E-state index contributed by atoms with van der Waals surface area (Å²) in [5.74, 6) is 0. The minimum absolute atomic E-state index is 0.0232. The van der Waals surface area contributed by atoms with Crippen LogP contribution in [0.15, 0.2) is 18.2 Å². The molecule has 0 radical (unpaired) electrons. The second kappa shape index (κ2) is 4.00. The molecule has 6 heteroatoms. The average Bonchev–Trinajstić information content (AvgIpc) is 2.01. The predicted molar refractivity (Wildman–Crippen MR) is 51.1 cm³/mol. The fourth-order valence-corrected chi connectivity index (χ4v) is 2.80. The van der Waals surface area contributed by atoms with E-state index in [1.165, 1.54) is 13.0 Å². The van der Waals surface area contributed by atoms with E-state index in [0.29, 0.717) is 6.07 Å². The Bertz CT molecular complexity index is 331. The fraction of sp³-hybridized carbons (Fsp3) is 0.250. The Labute approximate surface area is 86.1 Å².